The molecule has 2 saturated heterocycles. The summed E-state index contributed by atoms with van der Waals surface area (Å²) < 4.78 is 38.7. The van der Waals surface area contributed by atoms with Crippen molar-refractivity contribution in [3.05, 3.63) is 18.2 Å². The molecule has 0 unspecified atom stereocenters. The van der Waals surface area contributed by atoms with Gasteiger partial charge >= 0.3 is 0 Å². The van der Waals surface area contributed by atoms with E-state index in [0.717, 1.165) is 38.8 Å². The number of nitrogens with zero attached hydrogens (tertiary/aromatic N) is 2. The Labute approximate surface area is 185 Å². The Morgan fingerprint density at radius 3 is 2.35 bits per heavy atom. The monoisotopic (exact) mass is 453 g/mol. The van der Waals surface area contributed by atoms with E-state index in [4.69, 9.17) is 9.47 Å². The molecule has 0 aromatic heterocycles. The molecule has 1 aromatic carbocycles. The minimum Gasteiger partial charge on any atom is -0.489 e. The summed E-state index contributed by atoms with van der Waals surface area (Å²) in [6.45, 7) is 6.94. The largest absolute Gasteiger partial charge is 0.489 e. The molecule has 2 fully saturated rings. The Hall–Kier alpha value is -1.84. The van der Waals surface area contributed by atoms with Crippen LogP contribution in [0.3, 0.4) is 0 Å². The van der Waals surface area contributed by atoms with Crippen LogP contribution in [0.1, 0.15) is 46.0 Å². The topological polar surface area (TPSA) is 88.2 Å². The lowest BCUT2D eigenvalue weighted by Gasteiger charge is -2.27. The van der Waals surface area contributed by atoms with Crippen molar-refractivity contribution in [1.29, 1.82) is 0 Å². The highest BCUT2D eigenvalue weighted by Gasteiger charge is 2.27. The van der Waals surface area contributed by atoms with E-state index in [0.29, 0.717) is 37.7 Å². The van der Waals surface area contributed by atoms with E-state index in [1.54, 1.807) is 18.2 Å². The van der Waals surface area contributed by atoms with Crippen LogP contribution in [0.5, 0.6) is 5.75 Å². The first kappa shape index (κ1) is 23.8. The number of hydrogen-bond acceptors (Lipinski definition) is 6. The van der Waals surface area contributed by atoms with Gasteiger partial charge in [0.15, 0.2) is 0 Å². The number of sulfonamides is 1. The zero-order chi connectivity index (χ0) is 22.3. The average Bonchev–Trinajstić information content (AvgIpc) is 2.72. The fraction of sp³-hybridized carbons (Fsp3) is 0.682. The number of ether oxygens (including phenoxy) is 2. The van der Waals surface area contributed by atoms with Crippen molar-refractivity contribution in [1.82, 2.24) is 9.21 Å². The number of carbonyl (C=O) groups is 1. The Morgan fingerprint density at radius 1 is 1.06 bits per heavy atom. The summed E-state index contributed by atoms with van der Waals surface area (Å²) >= 11 is 0. The molecular formula is C22H35N3O5S. The predicted octanol–water partition coefficient (Wildman–Crippen LogP) is 2.70. The molecule has 9 heteroatoms. The zero-order valence-electron chi connectivity index (χ0n) is 18.6. The van der Waals surface area contributed by atoms with Crippen molar-refractivity contribution in [2.24, 2.45) is 0 Å². The maximum absolute atomic E-state index is 13.1. The molecule has 0 saturated carbocycles. The van der Waals surface area contributed by atoms with Crippen LogP contribution in [0.2, 0.25) is 0 Å². The summed E-state index contributed by atoms with van der Waals surface area (Å²) in [5.74, 6) is 0.565. The Kier molecular flexibility index (Phi) is 8.57. The average molecular weight is 454 g/mol. The van der Waals surface area contributed by atoms with E-state index in [1.165, 1.54) is 10.7 Å². The minimum absolute atomic E-state index is 0.0267. The number of morpholine rings is 1. The quantitative estimate of drug-likeness (QED) is 0.683. The van der Waals surface area contributed by atoms with Gasteiger partial charge in [-0.05, 0) is 44.9 Å². The van der Waals surface area contributed by atoms with Gasteiger partial charge < -0.3 is 19.7 Å². The van der Waals surface area contributed by atoms with Gasteiger partial charge in [-0.15, -0.1) is 0 Å². The number of carbonyl (C=O) groups excluding carboxylic acids is 1. The first-order chi connectivity index (χ1) is 14.9. The van der Waals surface area contributed by atoms with Crippen LogP contribution in [0.25, 0.3) is 0 Å². The highest BCUT2D eigenvalue weighted by atomic mass is 32.2. The fourth-order valence-corrected chi connectivity index (χ4v) is 5.31. The molecule has 0 radical (unpaired) electrons. The van der Waals surface area contributed by atoms with Gasteiger partial charge in [-0.2, -0.15) is 4.31 Å². The number of rotatable bonds is 7. The second-order valence-corrected chi connectivity index (χ2v) is 10.3. The number of anilines is 1. The Balaban J connectivity index is 1.76. The van der Waals surface area contributed by atoms with Gasteiger partial charge in [-0.25, -0.2) is 8.42 Å². The van der Waals surface area contributed by atoms with Crippen molar-refractivity contribution in [3.63, 3.8) is 0 Å². The molecule has 2 aliphatic heterocycles. The highest BCUT2D eigenvalue weighted by molar-refractivity contribution is 7.89. The van der Waals surface area contributed by atoms with Crippen molar-refractivity contribution < 1.29 is 22.7 Å². The van der Waals surface area contributed by atoms with Crippen LogP contribution in [0, 0.1) is 0 Å². The maximum atomic E-state index is 13.1. The van der Waals surface area contributed by atoms with Crippen LogP contribution < -0.4 is 10.1 Å². The summed E-state index contributed by atoms with van der Waals surface area (Å²) in [5, 5.41) is 3.14. The molecule has 2 heterocycles. The summed E-state index contributed by atoms with van der Waals surface area (Å²) in [6, 6.07) is 4.80. The van der Waals surface area contributed by atoms with Gasteiger partial charge in [0.25, 0.3) is 0 Å². The van der Waals surface area contributed by atoms with Crippen LogP contribution in [0.15, 0.2) is 23.1 Å². The third kappa shape index (κ3) is 6.57. The summed E-state index contributed by atoms with van der Waals surface area (Å²) in [4.78, 5) is 14.9. The molecule has 0 spiro atoms. The Morgan fingerprint density at radius 2 is 1.71 bits per heavy atom. The van der Waals surface area contributed by atoms with Gasteiger partial charge in [-0.1, -0.05) is 19.3 Å². The van der Waals surface area contributed by atoms with Crippen LogP contribution in [-0.2, 0) is 19.6 Å². The molecule has 31 heavy (non-hydrogen) atoms. The van der Waals surface area contributed by atoms with Gasteiger partial charge in [0, 0.05) is 26.2 Å². The maximum Gasteiger partial charge on any atom is 0.243 e. The highest BCUT2D eigenvalue weighted by Crippen LogP contribution is 2.30. The van der Waals surface area contributed by atoms with E-state index in [2.05, 4.69) is 5.32 Å². The number of likely N-dealkylation sites (tertiary alicyclic amines) is 1. The first-order valence-corrected chi connectivity index (χ1v) is 12.7. The standard InChI is InChI=1S/C22H35N3O5S/c1-18(2)30-21-9-8-19(31(27,28)25-12-14-29-15-13-25)16-20(21)23-17-22(26)24-10-6-4-3-5-7-11-24/h8-9,16,18,23H,3-7,10-15,17H2,1-2H3. The molecule has 0 atom stereocenters. The van der Waals surface area contributed by atoms with Gasteiger partial charge in [-0.3, -0.25) is 4.79 Å². The molecule has 1 aromatic rings. The van der Waals surface area contributed by atoms with Gasteiger partial charge in [0.05, 0.1) is 36.4 Å². The van der Waals surface area contributed by atoms with Crippen LogP contribution in [-0.4, -0.2) is 75.6 Å². The summed E-state index contributed by atoms with van der Waals surface area (Å²) in [7, 11) is -3.64. The molecule has 174 valence electrons. The molecular weight excluding hydrogens is 418 g/mol. The first-order valence-electron chi connectivity index (χ1n) is 11.3. The number of benzene rings is 1. The van der Waals surface area contributed by atoms with Crippen molar-refractivity contribution in [2.75, 3.05) is 51.3 Å². The smallest absolute Gasteiger partial charge is 0.243 e. The van der Waals surface area contributed by atoms with Crippen molar-refractivity contribution >= 4 is 21.6 Å². The van der Waals surface area contributed by atoms with Crippen LogP contribution in [0.4, 0.5) is 5.69 Å². The lowest BCUT2D eigenvalue weighted by Crippen LogP contribution is -2.40. The molecule has 0 bridgehead atoms. The Bertz CT molecular complexity index is 830. The van der Waals surface area contributed by atoms with E-state index in [1.807, 2.05) is 18.7 Å². The van der Waals surface area contributed by atoms with E-state index >= 15 is 0 Å². The third-order valence-corrected chi connectivity index (χ3v) is 7.45. The molecule has 1 amide bonds. The molecule has 1 N–H and O–H groups in total. The molecule has 3 rings (SSSR count). The summed E-state index contributed by atoms with van der Waals surface area (Å²) in [6.07, 6.45) is 5.53. The van der Waals surface area contributed by atoms with Gasteiger partial charge in [0.2, 0.25) is 15.9 Å². The van der Waals surface area contributed by atoms with E-state index < -0.39 is 10.0 Å². The SMILES string of the molecule is CC(C)Oc1ccc(S(=O)(=O)N2CCOCC2)cc1NCC(=O)N1CCCCCCC1. The second-order valence-electron chi connectivity index (χ2n) is 8.34. The lowest BCUT2D eigenvalue weighted by molar-refractivity contribution is -0.129. The molecule has 8 nitrogen and oxygen atoms in total. The normalized spacial score (nSPS) is 19.0. The zero-order valence-corrected chi connectivity index (χ0v) is 19.5. The van der Waals surface area contributed by atoms with E-state index in [-0.39, 0.29) is 23.5 Å². The third-order valence-electron chi connectivity index (χ3n) is 5.56. The van der Waals surface area contributed by atoms with E-state index in [9.17, 15) is 13.2 Å². The van der Waals surface area contributed by atoms with Gasteiger partial charge in [0.1, 0.15) is 5.75 Å². The van der Waals surface area contributed by atoms with Crippen molar-refractivity contribution in [2.45, 2.75) is 57.0 Å². The lowest BCUT2D eigenvalue weighted by atomic mass is 10.1. The van der Waals surface area contributed by atoms with Crippen LogP contribution >= 0.6 is 0 Å². The summed E-state index contributed by atoms with van der Waals surface area (Å²) in [5.41, 5.74) is 0.517. The fourth-order valence-electron chi connectivity index (χ4n) is 3.88. The number of amides is 1. The minimum atomic E-state index is -3.64. The number of nitrogens with one attached hydrogen (secondary N) is 1. The molecule has 0 aliphatic carbocycles. The van der Waals surface area contributed by atoms with Crippen molar-refractivity contribution in [3.8, 4) is 5.75 Å². The predicted molar refractivity (Wildman–Crippen MR) is 120 cm³/mol. The molecule has 2 aliphatic rings. The number of hydrogen-bond donors (Lipinski definition) is 1. The second kappa shape index (κ2) is 11.2.